The van der Waals surface area contributed by atoms with Crippen molar-refractivity contribution in [1.82, 2.24) is 25.0 Å². The minimum absolute atomic E-state index is 0.257. The number of aryl methyl sites for hydroxylation is 1. The van der Waals surface area contributed by atoms with Crippen LogP contribution in [0.3, 0.4) is 0 Å². The molecule has 1 fully saturated rings. The summed E-state index contributed by atoms with van der Waals surface area (Å²) in [4.78, 5) is 14.8. The molecule has 27 heavy (non-hydrogen) atoms. The maximum Gasteiger partial charge on any atom is 0.223 e. The first kappa shape index (κ1) is 18.2. The smallest absolute Gasteiger partial charge is 0.223 e. The molecule has 1 amide bonds. The summed E-state index contributed by atoms with van der Waals surface area (Å²) >= 11 is 0. The summed E-state index contributed by atoms with van der Waals surface area (Å²) in [7, 11) is 0. The molecule has 0 aliphatic carbocycles. The van der Waals surface area contributed by atoms with Crippen LogP contribution in [-0.4, -0.2) is 45.2 Å². The second-order valence-electron chi connectivity index (χ2n) is 7.92. The van der Waals surface area contributed by atoms with Crippen LogP contribution < -0.4 is 5.32 Å². The zero-order chi connectivity index (χ0) is 18.8. The number of likely N-dealkylation sites (tertiary alicyclic amines) is 1. The van der Waals surface area contributed by atoms with Gasteiger partial charge in [0.05, 0.1) is 6.54 Å². The summed E-state index contributed by atoms with van der Waals surface area (Å²) < 4.78 is 2.28. The summed E-state index contributed by atoms with van der Waals surface area (Å²) in [6.07, 6.45) is 2.55. The van der Waals surface area contributed by atoms with Crippen molar-refractivity contribution in [3.05, 3.63) is 47.0 Å². The van der Waals surface area contributed by atoms with Crippen LogP contribution in [0.4, 0.5) is 0 Å². The first-order valence-corrected chi connectivity index (χ1v) is 10.1. The van der Waals surface area contributed by atoms with E-state index in [4.69, 9.17) is 0 Å². The maximum atomic E-state index is 12.8. The highest BCUT2D eigenvalue weighted by atomic mass is 16.2. The molecule has 1 aromatic heterocycles. The van der Waals surface area contributed by atoms with Gasteiger partial charge in [0.1, 0.15) is 11.6 Å². The van der Waals surface area contributed by atoms with Gasteiger partial charge in [-0.15, -0.1) is 10.2 Å². The third-order valence-electron chi connectivity index (χ3n) is 6.06. The van der Waals surface area contributed by atoms with E-state index >= 15 is 0 Å². The zero-order valence-electron chi connectivity index (χ0n) is 16.3. The topological polar surface area (TPSA) is 63.1 Å². The number of benzene rings is 1. The van der Waals surface area contributed by atoms with Gasteiger partial charge in [0.15, 0.2) is 0 Å². The number of nitrogens with zero attached hydrogens (tertiary/aromatic N) is 4. The molecule has 1 saturated heterocycles. The van der Waals surface area contributed by atoms with Crippen molar-refractivity contribution in [1.29, 1.82) is 0 Å². The Morgan fingerprint density at radius 1 is 1.22 bits per heavy atom. The van der Waals surface area contributed by atoms with Gasteiger partial charge in [-0.2, -0.15) is 0 Å². The SMILES string of the molecule is Cc1ccccc1C(C)CC(=O)N1CCC(c2nnc3n2CCNC3)CC1. The summed E-state index contributed by atoms with van der Waals surface area (Å²) in [5, 5.41) is 12.1. The van der Waals surface area contributed by atoms with Crippen LogP contribution in [0.15, 0.2) is 24.3 Å². The lowest BCUT2D eigenvalue weighted by Crippen LogP contribution is -2.39. The number of hydrogen-bond acceptors (Lipinski definition) is 4. The summed E-state index contributed by atoms with van der Waals surface area (Å²) in [6, 6.07) is 8.38. The Morgan fingerprint density at radius 2 is 2.00 bits per heavy atom. The Labute approximate surface area is 161 Å². The molecule has 6 nitrogen and oxygen atoms in total. The molecule has 0 radical (unpaired) electrons. The van der Waals surface area contributed by atoms with Gasteiger partial charge in [-0.25, -0.2) is 0 Å². The van der Waals surface area contributed by atoms with Gasteiger partial charge in [0.25, 0.3) is 0 Å². The van der Waals surface area contributed by atoms with Crippen molar-refractivity contribution in [3.63, 3.8) is 0 Å². The predicted octanol–water partition coefficient (Wildman–Crippen LogP) is 2.59. The summed E-state index contributed by atoms with van der Waals surface area (Å²) in [5.41, 5.74) is 2.55. The van der Waals surface area contributed by atoms with Crippen LogP contribution >= 0.6 is 0 Å². The number of hydrogen-bond donors (Lipinski definition) is 1. The summed E-state index contributed by atoms with van der Waals surface area (Å²) in [5.74, 6) is 3.11. The van der Waals surface area contributed by atoms with E-state index in [-0.39, 0.29) is 11.8 Å². The number of amides is 1. The van der Waals surface area contributed by atoms with Gasteiger partial charge in [-0.05, 0) is 36.8 Å². The van der Waals surface area contributed by atoms with Gasteiger partial charge in [0.2, 0.25) is 5.91 Å². The Bertz CT molecular complexity index is 807. The number of carbonyl (C=O) groups excluding carboxylic acids is 1. The van der Waals surface area contributed by atoms with E-state index in [2.05, 4.69) is 58.2 Å². The fourth-order valence-electron chi connectivity index (χ4n) is 4.44. The van der Waals surface area contributed by atoms with Crippen molar-refractivity contribution in [2.24, 2.45) is 0 Å². The number of nitrogens with one attached hydrogen (secondary N) is 1. The normalized spacial score (nSPS) is 19.0. The number of carbonyl (C=O) groups is 1. The lowest BCUT2D eigenvalue weighted by molar-refractivity contribution is -0.132. The Morgan fingerprint density at radius 3 is 2.78 bits per heavy atom. The van der Waals surface area contributed by atoms with E-state index < -0.39 is 0 Å². The van der Waals surface area contributed by atoms with E-state index in [0.29, 0.717) is 12.3 Å². The Kier molecular flexibility index (Phi) is 5.25. The van der Waals surface area contributed by atoms with Gasteiger partial charge in [-0.3, -0.25) is 4.79 Å². The van der Waals surface area contributed by atoms with Crippen LogP contribution in [-0.2, 0) is 17.9 Å². The molecule has 2 aliphatic heterocycles. The quantitative estimate of drug-likeness (QED) is 0.902. The van der Waals surface area contributed by atoms with Gasteiger partial charge >= 0.3 is 0 Å². The fraction of sp³-hybridized carbons (Fsp3) is 0.571. The third kappa shape index (κ3) is 3.76. The van der Waals surface area contributed by atoms with Crippen molar-refractivity contribution in [3.8, 4) is 0 Å². The van der Waals surface area contributed by atoms with Crippen LogP contribution in [0, 0.1) is 6.92 Å². The minimum Gasteiger partial charge on any atom is -0.343 e. The van der Waals surface area contributed by atoms with E-state index in [1.165, 1.54) is 11.1 Å². The first-order chi connectivity index (χ1) is 13.1. The molecule has 1 aromatic carbocycles. The molecular formula is C21H29N5O. The molecule has 0 saturated carbocycles. The molecule has 6 heteroatoms. The van der Waals surface area contributed by atoms with Crippen LogP contribution in [0.25, 0.3) is 0 Å². The summed E-state index contributed by atoms with van der Waals surface area (Å²) in [6.45, 7) is 8.66. The molecule has 0 bridgehead atoms. The average Bonchev–Trinajstić information content (AvgIpc) is 3.12. The molecule has 2 aromatic rings. The number of fused-ring (bicyclic) bond motifs is 1. The van der Waals surface area contributed by atoms with E-state index in [1.807, 2.05) is 4.90 Å². The van der Waals surface area contributed by atoms with E-state index in [9.17, 15) is 4.79 Å². The molecule has 0 spiro atoms. The molecule has 144 valence electrons. The molecule has 4 rings (SSSR count). The second kappa shape index (κ2) is 7.80. The molecule has 1 unspecified atom stereocenters. The van der Waals surface area contributed by atoms with Crippen LogP contribution in [0.1, 0.15) is 60.8 Å². The van der Waals surface area contributed by atoms with Gasteiger partial charge in [0, 0.05) is 38.5 Å². The van der Waals surface area contributed by atoms with Crippen molar-refractivity contribution in [2.75, 3.05) is 19.6 Å². The average molecular weight is 367 g/mol. The van der Waals surface area contributed by atoms with Crippen molar-refractivity contribution >= 4 is 5.91 Å². The third-order valence-corrected chi connectivity index (χ3v) is 6.06. The number of aromatic nitrogens is 3. The Hall–Kier alpha value is -2.21. The second-order valence-corrected chi connectivity index (χ2v) is 7.92. The number of piperidine rings is 1. The number of rotatable bonds is 4. The van der Waals surface area contributed by atoms with Crippen molar-refractivity contribution < 1.29 is 4.79 Å². The van der Waals surface area contributed by atoms with Crippen LogP contribution in [0.5, 0.6) is 0 Å². The van der Waals surface area contributed by atoms with Gasteiger partial charge < -0.3 is 14.8 Å². The van der Waals surface area contributed by atoms with E-state index in [1.54, 1.807) is 0 Å². The molecule has 1 N–H and O–H groups in total. The monoisotopic (exact) mass is 367 g/mol. The highest BCUT2D eigenvalue weighted by Gasteiger charge is 2.29. The fourth-order valence-corrected chi connectivity index (χ4v) is 4.44. The predicted molar refractivity (Wildman–Crippen MR) is 104 cm³/mol. The molecule has 2 aliphatic rings. The van der Waals surface area contributed by atoms with Crippen molar-refractivity contribution in [2.45, 2.75) is 58.0 Å². The highest BCUT2D eigenvalue weighted by Crippen LogP contribution is 2.29. The highest BCUT2D eigenvalue weighted by molar-refractivity contribution is 5.77. The molecular weight excluding hydrogens is 338 g/mol. The zero-order valence-corrected chi connectivity index (χ0v) is 16.3. The van der Waals surface area contributed by atoms with Crippen LogP contribution in [0.2, 0.25) is 0 Å². The Balaban J connectivity index is 1.34. The standard InChI is InChI=1S/C21H29N5O/c1-15-5-3-4-6-18(15)16(2)13-20(27)25-10-7-17(8-11-25)21-24-23-19-14-22-9-12-26(19)21/h3-6,16-17,22H,7-14H2,1-2H3. The van der Waals surface area contributed by atoms with E-state index in [0.717, 1.165) is 57.2 Å². The minimum atomic E-state index is 0.257. The molecule has 3 heterocycles. The lowest BCUT2D eigenvalue weighted by atomic mass is 9.92. The maximum absolute atomic E-state index is 12.8. The lowest BCUT2D eigenvalue weighted by Gasteiger charge is -2.33. The van der Waals surface area contributed by atoms with Gasteiger partial charge in [-0.1, -0.05) is 31.2 Å². The largest absolute Gasteiger partial charge is 0.343 e. The first-order valence-electron chi connectivity index (χ1n) is 10.1. The molecule has 1 atom stereocenters.